The maximum atomic E-state index is 13.4. The average Bonchev–Trinajstić information content (AvgIpc) is 2.42. The first-order chi connectivity index (χ1) is 9.83. The molecular weight excluding hydrogens is 370 g/mol. The summed E-state index contributed by atoms with van der Waals surface area (Å²) in [4.78, 5) is 2.79. The maximum absolute atomic E-state index is 13.4. The Hall–Kier alpha value is -1.74. The van der Waals surface area contributed by atoms with E-state index in [0.717, 1.165) is 12.1 Å². The van der Waals surface area contributed by atoms with Gasteiger partial charge in [-0.1, -0.05) is 0 Å². The second-order valence-electron chi connectivity index (χ2n) is 3.87. The molecule has 0 saturated carbocycles. The third-order valence-electron chi connectivity index (χ3n) is 2.49. The Labute approximate surface area is 128 Å². The first kappa shape index (κ1) is 15.6. The van der Waals surface area contributed by atoms with Crippen LogP contribution in [-0.4, -0.2) is 20.5 Å². The second kappa shape index (κ2) is 5.94. The Kier molecular flexibility index (Phi) is 4.43. The number of benzene rings is 1. The zero-order valence-corrected chi connectivity index (χ0v) is 13.0. The van der Waals surface area contributed by atoms with Gasteiger partial charge in [0.25, 0.3) is 10.0 Å². The lowest BCUT2D eigenvalue weighted by Crippen LogP contribution is -2.14. The van der Waals surface area contributed by atoms with Gasteiger partial charge in [0, 0.05) is 0 Å². The topological polar surface area (TPSA) is 68.3 Å². The zero-order valence-electron chi connectivity index (χ0n) is 10.6. The van der Waals surface area contributed by atoms with Gasteiger partial charge in [-0.3, -0.25) is 4.72 Å². The standard InChI is InChI=1S/C12H9BrF2N2O3S/c1-20-10-4-2-7(6-8(10)13)21(18,19)17-9-3-5-11(14)16-12(9)15/h2-6,17H,1H3. The minimum Gasteiger partial charge on any atom is -0.496 e. The zero-order chi connectivity index (χ0) is 15.6. The van der Waals surface area contributed by atoms with Crippen LogP contribution in [-0.2, 0) is 10.0 Å². The van der Waals surface area contributed by atoms with E-state index >= 15 is 0 Å². The lowest BCUT2D eigenvalue weighted by molar-refractivity contribution is 0.411. The summed E-state index contributed by atoms with van der Waals surface area (Å²) in [6, 6.07) is 5.84. The van der Waals surface area contributed by atoms with E-state index in [1.165, 1.54) is 25.3 Å². The molecular formula is C12H9BrF2N2O3S. The lowest BCUT2D eigenvalue weighted by atomic mass is 10.3. The van der Waals surface area contributed by atoms with Crippen LogP contribution < -0.4 is 9.46 Å². The number of aromatic nitrogens is 1. The molecule has 0 bridgehead atoms. The maximum Gasteiger partial charge on any atom is 0.262 e. The molecule has 2 rings (SSSR count). The van der Waals surface area contributed by atoms with Crippen molar-refractivity contribution in [3.8, 4) is 5.75 Å². The van der Waals surface area contributed by atoms with Gasteiger partial charge in [-0.25, -0.2) is 8.42 Å². The molecule has 0 aliphatic heterocycles. The first-order valence-corrected chi connectivity index (χ1v) is 7.79. The number of ether oxygens (including phenoxy) is 1. The smallest absolute Gasteiger partial charge is 0.262 e. The fourth-order valence-corrected chi connectivity index (χ4v) is 3.28. The van der Waals surface area contributed by atoms with Crippen LogP contribution in [0.5, 0.6) is 5.75 Å². The first-order valence-electron chi connectivity index (χ1n) is 5.52. The van der Waals surface area contributed by atoms with E-state index < -0.39 is 27.6 Å². The highest BCUT2D eigenvalue weighted by atomic mass is 79.9. The minimum atomic E-state index is -4.03. The summed E-state index contributed by atoms with van der Waals surface area (Å²) in [5.74, 6) is -1.84. The van der Waals surface area contributed by atoms with Gasteiger partial charge < -0.3 is 4.74 Å². The molecule has 0 atom stereocenters. The highest BCUT2D eigenvalue weighted by Crippen LogP contribution is 2.28. The predicted molar refractivity (Wildman–Crippen MR) is 75.7 cm³/mol. The number of halogens is 3. The summed E-state index contributed by atoms with van der Waals surface area (Å²) in [5.41, 5.74) is -0.441. The number of hydrogen-bond acceptors (Lipinski definition) is 4. The van der Waals surface area contributed by atoms with Crippen LogP contribution in [0.2, 0.25) is 0 Å². The molecule has 0 unspecified atom stereocenters. The SMILES string of the molecule is COc1ccc(S(=O)(=O)Nc2ccc(F)nc2F)cc1Br. The monoisotopic (exact) mass is 378 g/mol. The third kappa shape index (κ3) is 3.48. The van der Waals surface area contributed by atoms with Gasteiger partial charge in [0.15, 0.2) is 0 Å². The number of sulfonamides is 1. The van der Waals surface area contributed by atoms with Crippen molar-refractivity contribution < 1.29 is 21.9 Å². The number of methoxy groups -OCH3 is 1. The van der Waals surface area contributed by atoms with Crippen molar-refractivity contribution in [2.24, 2.45) is 0 Å². The summed E-state index contributed by atoms with van der Waals surface area (Å²) in [7, 11) is -2.60. The molecule has 0 aliphatic carbocycles. The van der Waals surface area contributed by atoms with Crippen LogP contribution in [0, 0.1) is 11.9 Å². The average molecular weight is 379 g/mol. The van der Waals surface area contributed by atoms with E-state index in [2.05, 4.69) is 20.9 Å². The molecule has 1 heterocycles. The quantitative estimate of drug-likeness (QED) is 0.830. The number of nitrogens with one attached hydrogen (secondary N) is 1. The number of anilines is 1. The van der Waals surface area contributed by atoms with Crippen molar-refractivity contribution in [2.45, 2.75) is 4.90 Å². The molecule has 0 radical (unpaired) electrons. The van der Waals surface area contributed by atoms with Crippen molar-refractivity contribution in [3.63, 3.8) is 0 Å². The molecule has 1 N–H and O–H groups in total. The lowest BCUT2D eigenvalue weighted by Gasteiger charge is -2.10. The van der Waals surface area contributed by atoms with E-state index in [4.69, 9.17) is 4.74 Å². The Morgan fingerprint density at radius 3 is 2.52 bits per heavy atom. The molecule has 0 fully saturated rings. The third-order valence-corrected chi connectivity index (χ3v) is 4.48. The van der Waals surface area contributed by atoms with E-state index in [1.807, 2.05) is 4.72 Å². The predicted octanol–water partition coefficient (Wildman–Crippen LogP) is 2.93. The van der Waals surface area contributed by atoms with Crippen LogP contribution in [0.1, 0.15) is 0 Å². The van der Waals surface area contributed by atoms with E-state index in [-0.39, 0.29) is 4.90 Å². The molecule has 2 aromatic rings. The highest BCUT2D eigenvalue weighted by molar-refractivity contribution is 9.10. The molecule has 0 spiro atoms. The molecule has 0 aliphatic rings. The molecule has 0 saturated heterocycles. The van der Waals surface area contributed by atoms with Crippen molar-refractivity contribution in [1.82, 2.24) is 4.98 Å². The van der Waals surface area contributed by atoms with Crippen LogP contribution in [0.3, 0.4) is 0 Å². The summed E-state index contributed by atoms with van der Waals surface area (Å²) in [6.07, 6.45) is 0. The van der Waals surface area contributed by atoms with Crippen molar-refractivity contribution in [1.29, 1.82) is 0 Å². The fourth-order valence-electron chi connectivity index (χ4n) is 1.51. The van der Waals surface area contributed by atoms with E-state index in [0.29, 0.717) is 10.2 Å². The van der Waals surface area contributed by atoms with Gasteiger partial charge in [-0.15, -0.1) is 0 Å². The summed E-state index contributed by atoms with van der Waals surface area (Å²) in [6.45, 7) is 0. The van der Waals surface area contributed by atoms with Gasteiger partial charge in [-0.2, -0.15) is 13.8 Å². The number of rotatable bonds is 4. The van der Waals surface area contributed by atoms with Crippen LogP contribution in [0.4, 0.5) is 14.5 Å². The summed E-state index contributed by atoms with van der Waals surface area (Å²) >= 11 is 3.16. The van der Waals surface area contributed by atoms with Gasteiger partial charge in [0.2, 0.25) is 11.9 Å². The van der Waals surface area contributed by atoms with Crippen molar-refractivity contribution in [3.05, 3.63) is 46.7 Å². The number of pyridine rings is 1. The molecule has 9 heteroatoms. The molecule has 0 amide bonds. The van der Waals surface area contributed by atoms with Crippen LogP contribution in [0.15, 0.2) is 39.7 Å². The Morgan fingerprint density at radius 1 is 1.24 bits per heavy atom. The number of nitrogens with zero attached hydrogens (tertiary/aromatic N) is 1. The van der Waals surface area contributed by atoms with Gasteiger partial charge in [-0.05, 0) is 46.3 Å². The largest absolute Gasteiger partial charge is 0.496 e. The molecule has 1 aromatic heterocycles. The summed E-state index contributed by atoms with van der Waals surface area (Å²) in [5, 5.41) is 0. The van der Waals surface area contributed by atoms with Gasteiger partial charge in [0.1, 0.15) is 11.4 Å². The van der Waals surface area contributed by atoms with E-state index in [1.54, 1.807) is 0 Å². The van der Waals surface area contributed by atoms with Crippen molar-refractivity contribution in [2.75, 3.05) is 11.8 Å². The van der Waals surface area contributed by atoms with E-state index in [9.17, 15) is 17.2 Å². The normalized spacial score (nSPS) is 11.2. The number of hydrogen-bond donors (Lipinski definition) is 1. The van der Waals surface area contributed by atoms with Gasteiger partial charge in [0.05, 0.1) is 16.5 Å². The Bertz CT molecular complexity index is 784. The minimum absolute atomic E-state index is 0.112. The Morgan fingerprint density at radius 2 is 1.95 bits per heavy atom. The molecule has 1 aromatic carbocycles. The molecule has 5 nitrogen and oxygen atoms in total. The highest BCUT2D eigenvalue weighted by Gasteiger charge is 2.18. The molecule has 112 valence electrons. The fraction of sp³-hybridized carbons (Fsp3) is 0.0833. The van der Waals surface area contributed by atoms with Crippen molar-refractivity contribution >= 4 is 31.6 Å². The Balaban J connectivity index is 2.36. The second-order valence-corrected chi connectivity index (χ2v) is 6.41. The van der Waals surface area contributed by atoms with Crippen LogP contribution >= 0.6 is 15.9 Å². The molecule has 21 heavy (non-hydrogen) atoms. The summed E-state index contributed by atoms with van der Waals surface area (Å²) < 4.78 is 57.8. The van der Waals surface area contributed by atoms with Gasteiger partial charge >= 0.3 is 0 Å². The van der Waals surface area contributed by atoms with Crippen LogP contribution in [0.25, 0.3) is 0 Å².